The molecule has 1 atom stereocenters. The van der Waals surface area contributed by atoms with Crippen LogP contribution in [-0.2, 0) is 22.9 Å². The summed E-state index contributed by atoms with van der Waals surface area (Å²) in [5.74, 6) is -2.25. The summed E-state index contributed by atoms with van der Waals surface area (Å²) < 4.78 is 92.5. The Balaban J connectivity index is 1.50. The minimum absolute atomic E-state index is 0.0209. The first-order valence-electron chi connectivity index (χ1n) is 11.2. The summed E-state index contributed by atoms with van der Waals surface area (Å²) in [5, 5.41) is 0. The number of halogens is 3. The third kappa shape index (κ3) is 2.43. The first kappa shape index (κ1) is 14.4. The first-order chi connectivity index (χ1) is 16.3. The maximum Gasteiger partial charge on any atom is 0.449 e. The number of rotatable bonds is 2. The Labute approximate surface area is 179 Å². The van der Waals surface area contributed by atoms with E-state index in [1.54, 1.807) is 18.2 Å². The number of para-hydroxylation sites is 1. The lowest BCUT2D eigenvalue weighted by molar-refractivity contribution is -0.153. The zero-order chi connectivity index (χ0) is 25.0. The Morgan fingerprint density at radius 2 is 1.77 bits per heavy atom. The lowest BCUT2D eigenvalue weighted by Crippen LogP contribution is -2.42. The normalized spacial score (nSPS) is 26.0. The number of amides is 1. The van der Waals surface area contributed by atoms with Gasteiger partial charge in [-0.25, -0.2) is 0 Å². The number of alkyl halides is 3. The molecule has 1 amide bonds. The largest absolute Gasteiger partial charge is 0.491 e. The van der Waals surface area contributed by atoms with E-state index in [0.717, 1.165) is 17.0 Å². The maximum atomic E-state index is 14.0. The van der Waals surface area contributed by atoms with E-state index in [0.29, 0.717) is 0 Å². The van der Waals surface area contributed by atoms with Gasteiger partial charge in [0, 0.05) is 17.3 Å². The SMILES string of the molecule is [2H]C1([2H])Oc2cc3c(cc2O1)[C@]1(C(=O)N(Cc2ccc(C(F)(F)F)o2)c2ccccc21)C([2H])([2H])O3. The van der Waals surface area contributed by atoms with Gasteiger partial charge in [-0.3, -0.25) is 4.79 Å². The molecular formula is C22H14F3NO5. The molecule has 0 bridgehead atoms. The van der Waals surface area contributed by atoms with Crippen molar-refractivity contribution in [3.05, 3.63) is 71.2 Å². The van der Waals surface area contributed by atoms with Gasteiger partial charge in [0.1, 0.15) is 26.2 Å². The van der Waals surface area contributed by atoms with Gasteiger partial charge in [-0.05, 0) is 29.8 Å². The minimum Gasteiger partial charge on any atom is -0.491 e. The first-order valence-corrected chi connectivity index (χ1v) is 9.16. The summed E-state index contributed by atoms with van der Waals surface area (Å²) in [6, 6.07) is 10.7. The monoisotopic (exact) mass is 433 g/mol. The van der Waals surface area contributed by atoms with Gasteiger partial charge in [0.25, 0.3) is 0 Å². The molecule has 4 heterocycles. The van der Waals surface area contributed by atoms with E-state index in [2.05, 4.69) is 0 Å². The minimum atomic E-state index is -4.70. The van der Waals surface area contributed by atoms with E-state index in [-0.39, 0.29) is 46.4 Å². The second-order valence-corrected chi connectivity index (χ2v) is 7.21. The standard InChI is InChI=1S/C22H14F3NO5/c23-22(24,25)19-6-5-12(31-19)9-26-15-4-2-1-3-13(15)21(20(26)27)10-28-16-8-18-17(7-14(16)21)29-11-30-18/h1-8H,9-11H2/t21-/m0/s1/i10D2,11D2. The van der Waals surface area contributed by atoms with E-state index in [4.69, 9.17) is 24.1 Å². The highest BCUT2D eigenvalue weighted by Crippen LogP contribution is 2.55. The van der Waals surface area contributed by atoms with Crippen molar-refractivity contribution in [2.45, 2.75) is 18.1 Å². The van der Waals surface area contributed by atoms with Crippen molar-refractivity contribution in [2.75, 3.05) is 18.2 Å². The molecule has 1 aromatic heterocycles. The predicted octanol–water partition coefficient (Wildman–Crippen LogP) is 4.25. The Hall–Kier alpha value is -3.62. The molecule has 0 saturated heterocycles. The van der Waals surface area contributed by atoms with Gasteiger partial charge in [0.15, 0.2) is 11.5 Å². The second kappa shape index (κ2) is 5.96. The third-order valence-electron chi connectivity index (χ3n) is 5.49. The molecule has 3 aliphatic rings. The van der Waals surface area contributed by atoms with Crippen LogP contribution in [0.5, 0.6) is 17.2 Å². The molecule has 0 fully saturated rings. The fourth-order valence-electron chi connectivity index (χ4n) is 4.12. The molecule has 0 aliphatic carbocycles. The third-order valence-corrected chi connectivity index (χ3v) is 5.49. The Morgan fingerprint density at radius 1 is 1.00 bits per heavy atom. The summed E-state index contributed by atoms with van der Waals surface area (Å²) in [7, 11) is 0. The molecule has 2 aromatic carbocycles. The molecule has 9 heteroatoms. The fourth-order valence-corrected chi connectivity index (χ4v) is 4.12. The quantitative estimate of drug-likeness (QED) is 0.605. The average molecular weight is 433 g/mol. The second-order valence-electron chi connectivity index (χ2n) is 7.21. The molecule has 0 unspecified atom stereocenters. The van der Waals surface area contributed by atoms with Crippen LogP contribution in [0.3, 0.4) is 0 Å². The molecule has 31 heavy (non-hydrogen) atoms. The van der Waals surface area contributed by atoms with E-state index in [1.807, 2.05) is 0 Å². The number of carbonyl (C=O) groups is 1. The number of furan rings is 1. The van der Waals surface area contributed by atoms with Crippen molar-refractivity contribution in [3.8, 4) is 17.2 Å². The Bertz CT molecular complexity index is 1410. The van der Waals surface area contributed by atoms with Gasteiger partial charge >= 0.3 is 6.18 Å². The van der Waals surface area contributed by atoms with Crippen LogP contribution >= 0.6 is 0 Å². The zero-order valence-electron chi connectivity index (χ0n) is 19.4. The van der Waals surface area contributed by atoms with Gasteiger partial charge in [-0.2, -0.15) is 13.2 Å². The van der Waals surface area contributed by atoms with Gasteiger partial charge in [-0.15, -0.1) is 0 Å². The number of benzene rings is 2. The molecule has 158 valence electrons. The summed E-state index contributed by atoms with van der Waals surface area (Å²) >= 11 is 0. The van der Waals surface area contributed by atoms with E-state index >= 15 is 0 Å². The van der Waals surface area contributed by atoms with Crippen LogP contribution in [-0.4, -0.2) is 19.2 Å². The van der Waals surface area contributed by atoms with Crippen LogP contribution < -0.4 is 19.1 Å². The molecule has 6 nitrogen and oxygen atoms in total. The van der Waals surface area contributed by atoms with Crippen LogP contribution in [0.25, 0.3) is 0 Å². The molecule has 0 N–H and O–H groups in total. The number of anilines is 1. The van der Waals surface area contributed by atoms with E-state index in [9.17, 15) is 18.0 Å². The smallest absolute Gasteiger partial charge is 0.449 e. The average Bonchev–Trinajstić information content (AvgIpc) is 3.45. The highest BCUT2D eigenvalue weighted by molar-refractivity contribution is 6.11. The predicted molar refractivity (Wildman–Crippen MR) is 100 cm³/mol. The van der Waals surface area contributed by atoms with Crippen molar-refractivity contribution in [1.82, 2.24) is 0 Å². The molecule has 6 rings (SSSR count). The number of hydrogen-bond donors (Lipinski definition) is 0. The number of nitrogens with zero attached hydrogens (tertiary/aromatic N) is 1. The summed E-state index contributed by atoms with van der Waals surface area (Å²) in [5.41, 5.74) is -1.45. The molecule has 3 aliphatic heterocycles. The summed E-state index contributed by atoms with van der Waals surface area (Å²) in [6.07, 6.45) is -4.70. The fraction of sp³-hybridized carbons (Fsp3) is 0.227. The molecule has 1 spiro atoms. The number of hydrogen-bond acceptors (Lipinski definition) is 5. The molecule has 3 aromatic rings. The lowest BCUT2D eigenvalue weighted by atomic mass is 9.77. The van der Waals surface area contributed by atoms with Gasteiger partial charge in [0.05, 0.1) is 9.29 Å². The van der Waals surface area contributed by atoms with Gasteiger partial charge in [-0.1, -0.05) is 18.2 Å². The van der Waals surface area contributed by atoms with Crippen molar-refractivity contribution in [2.24, 2.45) is 0 Å². The number of carbonyl (C=O) groups excluding carboxylic acids is 1. The van der Waals surface area contributed by atoms with Crippen LogP contribution in [0.1, 0.15) is 28.1 Å². The highest BCUT2D eigenvalue weighted by atomic mass is 19.4. The lowest BCUT2D eigenvalue weighted by Gasteiger charge is -2.22. The van der Waals surface area contributed by atoms with E-state index in [1.165, 1.54) is 18.2 Å². The summed E-state index contributed by atoms with van der Waals surface area (Å²) in [4.78, 5) is 15.1. The molecule has 0 saturated carbocycles. The number of ether oxygens (including phenoxy) is 3. The molecular weight excluding hydrogens is 415 g/mol. The molecule has 0 radical (unpaired) electrons. The van der Waals surface area contributed by atoms with Crippen LogP contribution in [0, 0.1) is 0 Å². The topological polar surface area (TPSA) is 61.1 Å². The maximum absolute atomic E-state index is 14.0. The van der Waals surface area contributed by atoms with Gasteiger partial charge in [0.2, 0.25) is 18.4 Å². The van der Waals surface area contributed by atoms with Gasteiger partial charge < -0.3 is 23.5 Å². The Morgan fingerprint density at radius 3 is 2.55 bits per heavy atom. The van der Waals surface area contributed by atoms with Crippen molar-refractivity contribution < 1.29 is 42.1 Å². The highest BCUT2D eigenvalue weighted by Gasteiger charge is 2.57. The summed E-state index contributed by atoms with van der Waals surface area (Å²) in [6.45, 7) is -5.44. The van der Waals surface area contributed by atoms with Crippen LogP contribution in [0.2, 0.25) is 0 Å². The van der Waals surface area contributed by atoms with Crippen molar-refractivity contribution >= 4 is 11.6 Å². The number of fused-ring (bicyclic) bond motifs is 5. The van der Waals surface area contributed by atoms with Crippen molar-refractivity contribution in [1.29, 1.82) is 0 Å². The van der Waals surface area contributed by atoms with E-state index < -0.39 is 36.6 Å². The van der Waals surface area contributed by atoms with Crippen LogP contribution in [0.15, 0.2) is 52.9 Å². The van der Waals surface area contributed by atoms with Crippen LogP contribution in [0.4, 0.5) is 18.9 Å². The van der Waals surface area contributed by atoms with Crippen molar-refractivity contribution in [3.63, 3.8) is 0 Å². The zero-order valence-corrected chi connectivity index (χ0v) is 15.4. The Kier molecular flexibility index (Phi) is 2.77.